The molecule has 1 amide bonds. The fourth-order valence-corrected chi connectivity index (χ4v) is 3.81. The quantitative estimate of drug-likeness (QED) is 0.639. The van der Waals surface area contributed by atoms with E-state index >= 15 is 0 Å². The van der Waals surface area contributed by atoms with Crippen molar-refractivity contribution in [3.05, 3.63) is 58.9 Å². The molecule has 2 heterocycles. The first-order valence-corrected chi connectivity index (χ1v) is 9.89. The molecule has 0 unspecified atom stereocenters. The molecule has 2 N–H and O–H groups in total. The van der Waals surface area contributed by atoms with Gasteiger partial charge in [-0.1, -0.05) is 35.9 Å². The van der Waals surface area contributed by atoms with E-state index in [9.17, 15) is 4.79 Å². The summed E-state index contributed by atoms with van der Waals surface area (Å²) >= 11 is 5.36. The van der Waals surface area contributed by atoms with E-state index in [-0.39, 0.29) is 12.5 Å². The Bertz CT molecular complexity index is 1050. The van der Waals surface area contributed by atoms with Gasteiger partial charge in [-0.05, 0) is 50.2 Å². The Labute approximate surface area is 169 Å². The number of anilines is 2. The van der Waals surface area contributed by atoms with Gasteiger partial charge in [0.05, 0.1) is 11.4 Å². The number of amides is 1. The van der Waals surface area contributed by atoms with Gasteiger partial charge in [-0.25, -0.2) is 0 Å². The van der Waals surface area contributed by atoms with Crippen LogP contribution in [0.1, 0.15) is 18.4 Å². The fraction of sp³-hybridized carbons (Fsp3) is 0.286. The zero-order valence-corrected chi connectivity index (χ0v) is 16.6. The Morgan fingerprint density at radius 1 is 1.18 bits per heavy atom. The van der Waals surface area contributed by atoms with Crippen molar-refractivity contribution in [2.75, 3.05) is 23.3 Å². The smallest absolute Gasteiger partial charge is 0.244 e. The lowest BCUT2D eigenvalue weighted by Gasteiger charge is -2.21. The van der Waals surface area contributed by atoms with Crippen molar-refractivity contribution in [2.24, 2.45) is 0 Å². The number of aryl methyl sites for hydroxylation is 1. The summed E-state index contributed by atoms with van der Waals surface area (Å²) in [6.45, 7) is 4.18. The second kappa shape index (κ2) is 7.98. The summed E-state index contributed by atoms with van der Waals surface area (Å²) in [4.78, 5) is 15.1. The standard InChI is InChI=1S/C21H23N5OS/c1-15-7-6-8-16(13-15)20-23-24-21(28)26(20)14-19(27)22-17-9-2-3-10-18(17)25-11-4-5-12-25/h2-3,6-10,13H,4-5,11-12,14H2,1H3,(H,22,27)(H,24,28). The Morgan fingerprint density at radius 3 is 2.75 bits per heavy atom. The molecule has 28 heavy (non-hydrogen) atoms. The van der Waals surface area contributed by atoms with Crippen molar-refractivity contribution in [2.45, 2.75) is 26.3 Å². The summed E-state index contributed by atoms with van der Waals surface area (Å²) < 4.78 is 2.16. The van der Waals surface area contributed by atoms with Crippen LogP contribution in [0.25, 0.3) is 11.4 Å². The van der Waals surface area contributed by atoms with E-state index in [0.717, 1.165) is 35.6 Å². The van der Waals surface area contributed by atoms with Gasteiger partial charge in [0.1, 0.15) is 6.54 Å². The number of hydrogen-bond donors (Lipinski definition) is 2. The number of carbonyl (C=O) groups excluding carboxylic acids is 1. The molecule has 2 aromatic carbocycles. The minimum atomic E-state index is -0.127. The minimum absolute atomic E-state index is 0.104. The summed E-state index contributed by atoms with van der Waals surface area (Å²) in [5.41, 5.74) is 3.96. The van der Waals surface area contributed by atoms with Crippen molar-refractivity contribution in [3.63, 3.8) is 0 Å². The summed E-state index contributed by atoms with van der Waals surface area (Å²) in [6.07, 6.45) is 2.37. The number of rotatable bonds is 5. The van der Waals surface area contributed by atoms with Crippen molar-refractivity contribution >= 4 is 29.5 Å². The highest BCUT2D eigenvalue weighted by Gasteiger charge is 2.18. The molecule has 1 saturated heterocycles. The van der Waals surface area contributed by atoms with Crippen LogP contribution in [0.5, 0.6) is 0 Å². The average molecular weight is 394 g/mol. The van der Waals surface area contributed by atoms with Crippen LogP contribution in [-0.2, 0) is 11.3 Å². The largest absolute Gasteiger partial charge is 0.370 e. The van der Waals surface area contributed by atoms with E-state index in [2.05, 4.69) is 26.5 Å². The van der Waals surface area contributed by atoms with Crippen LogP contribution in [0.15, 0.2) is 48.5 Å². The highest BCUT2D eigenvalue weighted by atomic mass is 32.1. The maximum absolute atomic E-state index is 12.8. The number of nitrogens with one attached hydrogen (secondary N) is 2. The molecule has 144 valence electrons. The third kappa shape index (κ3) is 3.84. The molecule has 0 aliphatic carbocycles. The van der Waals surface area contributed by atoms with Crippen LogP contribution >= 0.6 is 12.2 Å². The Kier molecular flexibility index (Phi) is 5.25. The molecule has 0 spiro atoms. The Morgan fingerprint density at radius 2 is 1.96 bits per heavy atom. The molecule has 1 aromatic heterocycles. The van der Waals surface area contributed by atoms with Gasteiger partial charge in [0.2, 0.25) is 5.91 Å². The number of benzene rings is 2. The number of nitrogens with zero attached hydrogens (tertiary/aromatic N) is 3. The van der Waals surface area contributed by atoms with Gasteiger partial charge in [-0.2, -0.15) is 5.10 Å². The SMILES string of the molecule is Cc1cccc(-c2n[nH]c(=S)n2CC(=O)Nc2ccccc2N2CCCC2)c1. The van der Waals surface area contributed by atoms with Crippen LogP contribution in [0.2, 0.25) is 0 Å². The molecule has 4 rings (SSSR count). The van der Waals surface area contributed by atoms with E-state index in [4.69, 9.17) is 12.2 Å². The number of para-hydroxylation sites is 2. The number of aromatic nitrogens is 3. The predicted molar refractivity (Wildman–Crippen MR) is 114 cm³/mol. The van der Waals surface area contributed by atoms with Gasteiger partial charge in [0, 0.05) is 18.7 Å². The number of H-pyrrole nitrogens is 1. The maximum Gasteiger partial charge on any atom is 0.244 e. The molecular formula is C21H23N5OS. The van der Waals surface area contributed by atoms with E-state index in [1.807, 2.05) is 49.4 Å². The molecule has 3 aromatic rings. The summed E-state index contributed by atoms with van der Waals surface area (Å²) in [7, 11) is 0. The van der Waals surface area contributed by atoms with Crippen LogP contribution in [0.4, 0.5) is 11.4 Å². The zero-order valence-electron chi connectivity index (χ0n) is 15.8. The van der Waals surface area contributed by atoms with Gasteiger partial charge < -0.3 is 10.2 Å². The molecule has 1 aliphatic rings. The summed E-state index contributed by atoms with van der Waals surface area (Å²) in [5.74, 6) is 0.537. The molecule has 1 aliphatic heterocycles. The first kappa shape index (κ1) is 18.4. The Hall–Kier alpha value is -2.93. The normalized spacial score (nSPS) is 13.7. The van der Waals surface area contributed by atoms with Crippen molar-refractivity contribution in [1.29, 1.82) is 0 Å². The minimum Gasteiger partial charge on any atom is -0.370 e. The summed E-state index contributed by atoms with van der Waals surface area (Å²) in [5, 5.41) is 10.2. The lowest BCUT2D eigenvalue weighted by molar-refractivity contribution is -0.116. The highest BCUT2D eigenvalue weighted by molar-refractivity contribution is 7.71. The van der Waals surface area contributed by atoms with E-state index in [1.54, 1.807) is 4.57 Å². The number of carbonyl (C=O) groups is 1. The van der Waals surface area contributed by atoms with Gasteiger partial charge in [0.25, 0.3) is 0 Å². The van der Waals surface area contributed by atoms with Crippen LogP contribution in [-0.4, -0.2) is 33.8 Å². The van der Waals surface area contributed by atoms with Crippen LogP contribution < -0.4 is 10.2 Å². The second-order valence-electron chi connectivity index (χ2n) is 7.07. The van der Waals surface area contributed by atoms with Gasteiger partial charge in [0.15, 0.2) is 10.6 Å². The topological polar surface area (TPSA) is 66.0 Å². The predicted octanol–water partition coefficient (Wildman–Crippen LogP) is 4.16. The number of aromatic amines is 1. The fourth-order valence-electron chi connectivity index (χ4n) is 3.62. The molecule has 0 saturated carbocycles. The third-order valence-corrected chi connectivity index (χ3v) is 5.27. The first-order valence-electron chi connectivity index (χ1n) is 9.48. The third-order valence-electron chi connectivity index (χ3n) is 4.96. The van der Waals surface area contributed by atoms with Crippen molar-refractivity contribution in [3.8, 4) is 11.4 Å². The van der Waals surface area contributed by atoms with Gasteiger partial charge in [-0.15, -0.1) is 0 Å². The van der Waals surface area contributed by atoms with Crippen LogP contribution in [0, 0.1) is 11.7 Å². The van der Waals surface area contributed by atoms with Gasteiger partial charge in [-0.3, -0.25) is 14.5 Å². The Balaban J connectivity index is 1.56. The molecule has 0 bridgehead atoms. The molecule has 7 heteroatoms. The summed E-state index contributed by atoms with van der Waals surface area (Å²) in [6, 6.07) is 15.9. The lowest BCUT2D eigenvalue weighted by Crippen LogP contribution is -2.23. The maximum atomic E-state index is 12.8. The molecule has 0 atom stereocenters. The van der Waals surface area contributed by atoms with E-state index in [0.29, 0.717) is 10.6 Å². The molecular weight excluding hydrogens is 370 g/mol. The first-order chi connectivity index (χ1) is 13.6. The van der Waals surface area contributed by atoms with Crippen LogP contribution in [0.3, 0.4) is 0 Å². The van der Waals surface area contributed by atoms with E-state index < -0.39 is 0 Å². The van der Waals surface area contributed by atoms with Crippen molar-refractivity contribution in [1.82, 2.24) is 14.8 Å². The molecule has 1 fully saturated rings. The van der Waals surface area contributed by atoms with Gasteiger partial charge >= 0.3 is 0 Å². The second-order valence-corrected chi connectivity index (χ2v) is 7.45. The molecule has 0 radical (unpaired) electrons. The molecule has 6 nitrogen and oxygen atoms in total. The highest BCUT2D eigenvalue weighted by Crippen LogP contribution is 2.28. The van der Waals surface area contributed by atoms with E-state index in [1.165, 1.54) is 12.8 Å². The zero-order chi connectivity index (χ0) is 19.5. The lowest BCUT2D eigenvalue weighted by atomic mass is 10.1. The number of hydrogen-bond acceptors (Lipinski definition) is 4. The average Bonchev–Trinajstić information content (AvgIpc) is 3.33. The van der Waals surface area contributed by atoms with Crippen molar-refractivity contribution < 1.29 is 4.79 Å². The monoisotopic (exact) mass is 393 g/mol.